The molecule has 0 heterocycles. The number of ether oxygens (including phenoxy) is 1. The molecule has 0 aliphatic heterocycles. The van der Waals surface area contributed by atoms with Crippen molar-refractivity contribution in [2.24, 2.45) is 5.92 Å². The van der Waals surface area contributed by atoms with Gasteiger partial charge in [-0.25, -0.2) is 0 Å². The number of hydrogen-bond donors (Lipinski definition) is 1. The third-order valence-electron chi connectivity index (χ3n) is 1.62. The highest BCUT2D eigenvalue weighted by Gasteiger charge is 2.06. The van der Waals surface area contributed by atoms with E-state index in [2.05, 4.69) is 29.8 Å². The highest BCUT2D eigenvalue weighted by Crippen LogP contribution is 2.32. The molecule has 0 saturated carbocycles. The molecule has 0 bridgehead atoms. The molecule has 0 saturated heterocycles. The first kappa shape index (κ1) is 11.7. The lowest BCUT2D eigenvalue weighted by Crippen LogP contribution is -2.05. The molecule has 4 heteroatoms. The van der Waals surface area contributed by atoms with Crippen LogP contribution in [-0.2, 0) is 0 Å². The van der Waals surface area contributed by atoms with Crippen LogP contribution in [0.1, 0.15) is 13.8 Å². The van der Waals surface area contributed by atoms with E-state index in [0.717, 1.165) is 4.47 Å². The Hall–Kier alpha value is -0.410. The molecule has 1 aromatic rings. The van der Waals surface area contributed by atoms with E-state index in [1.807, 2.05) is 0 Å². The molecule has 0 spiro atoms. The summed E-state index contributed by atoms with van der Waals surface area (Å²) in [6, 6.07) is 3.47. The van der Waals surface area contributed by atoms with Crippen LogP contribution in [0.3, 0.4) is 0 Å². The zero-order valence-corrected chi connectivity index (χ0v) is 10.5. The topological polar surface area (TPSA) is 35.2 Å². The van der Waals surface area contributed by atoms with Crippen molar-refractivity contribution in [3.8, 4) is 5.75 Å². The molecule has 0 radical (unpaired) electrons. The number of nitrogens with two attached hydrogens (primary N) is 1. The summed E-state index contributed by atoms with van der Waals surface area (Å²) in [6.45, 7) is 4.82. The van der Waals surface area contributed by atoms with E-state index in [1.54, 1.807) is 12.1 Å². The Balaban J connectivity index is 2.82. The van der Waals surface area contributed by atoms with E-state index < -0.39 is 0 Å². The molecule has 2 nitrogen and oxygen atoms in total. The van der Waals surface area contributed by atoms with Gasteiger partial charge >= 0.3 is 0 Å². The Morgan fingerprint density at radius 3 is 2.71 bits per heavy atom. The van der Waals surface area contributed by atoms with Crippen molar-refractivity contribution >= 4 is 33.2 Å². The van der Waals surface area contributed by atoms with Gasteiger partial charge in [-0.05, 0) is 34.0 Å². The van der Waals surface area contributed by atoms with Crippen molar-refractivity contribution < 1.29 is 4.74 Å². The van der Waals surface area contributed by atoms with Crippen LogP contribution in [0, 0.1) is 5.92 Å². The van der Waals surface area contributed by atoms with Gasteiger partial charge in [-0.2, -0.15) is 0 Å². The van der Waals surface area contributed by atoms with Gasteiger partial charge in [-0.3, -0.25) is 0 Å². The number of benzene rings is 1. The third kappa shape index (κ3) is 3.07. The van der Waals surface area contributed by atoms with E-state index in [-0.39, 0.29) is 0 Å². The van der Waals surface area contributed by atoms with E-state index >= 15 is 0 Å². The van der Waals surface area contributed by atoms with Gasteiger partial charge < -0.3 is 10.5 Å². The first-order chi connectivity index (χ1) is 6.50. The molecule has 78 valence electrons. The van der Waals surface area contributed by atoms with Crippen LogP contribution < -0.4 is 10.5 Å². The van der Waals surface area contributed by atoms with Crippen LogP contribution in [0.15, 0.2) is 16.6 Å². The molecule has 0 aromatic heterocycles. The van der Waals surface area contributed by atoms with Crippen LogP contribution in [0.2, 0.25) is 5.02 Å². The second-order valence-corrected chi connectivity index (χ2v) is 4.77. The lowest BCUT2D eigenvalue weighted by Gasteiger charge is -2.11. The molecule has 0 amide bonds. The average Bonchev–Trinajstić information content (AvgIpc) is 2.09. The second-order valence-electron chi connectivity index (χ2n) is 3.51. The summed E-state index contributed by atoms with van der Waals surface area (Å²) in [5, 5.41) is 0.548. The second kappa shape index (κ2) is 4.89. The minimum Gasteiger partial charge on any atom is -0.492 e. The number of nitrogen functional groups attached to an aromatic ring is 1. The molecule has 1 rings (SSSR count). The van der Waals surface area contributed by atoms with E-state index in [0.29, 0.717) is 29.0 Å². The summed E-state index contributed by atoms with van der Waals surface area (Å²) in [7, 11) is 0. The molecular formula is C10H13BrClNO. The first-order valence-electron chi connectivity index (χ1n) is 4.38. The number of halogens is 2. The lowest BCUT2D eigenvalue weighted by molar-refractivity contribution is 0.271. The number of anilines is 1. The normalized spacial score (nSPS) is 10.6. The van der Waals surface area contributed by atoms with Gasteiger partial charge in [0.25, 0.3) is 0 Å². The van der Waals surface area contributed by atoms with Crippen LogP contribution in [0.4, 0.5) is 5.69 Å². The van der Waals surface area contributed by atoms with Crippen molar-refractivity contribution in [2.45, 2.75) is 13.8 Å². The SMILES string of the molecule is CC(C)COc1cc(Br)c(N)cc1Cl. The third-order valence-corrected chi connectivity index (χ3v) is 2.61. The number of hydrogen-bond acceptors (Lipinski definition) is 2. The van der Waals surface area contributed by atoms with E-state index in [1.165, 1.54) is 0 Å². The summed E-state index contributed by atoms with van der Waals surface area (Å²) < 4.78 is 6.32. The quantitative estimate of drug-likeness (QED) is 0.855. The van der Waals surface area contributed by atoms with Crippen molar-refractivity contribution in [3.63, 3.8) is 0 Å². The fourth-order valence-electron chi connectivity index (χ4n) is 0.911. The maximum Gasteiger partial charge on any atom is 0.139 e. The first-order valence-corrected chi connectivity index (χ1v) is 5.55. The van der Waals surface area contributed by atoms with Crippen LogP contribution in [0.25, 0.3) is 0 Å². The molecule has 0 aliphatic rings. The molecule has 2 N–H and O–H groups in total. The Morgan fingerprint density at radius 1 is 1.50 bits per heavy atom. The van der Waals surface area contributed by atoms with Crippen LogP contribution in [-0.4, -0.2) is 6.61 Å². The smallest absolute Gasteiger partial charge is 0.139 e. The molecule has 14 heavy (non-hydrogen) atoms. The Labute approximate surface area is 97.5 Å². The standard InChI is InChI=1S/C10H13BrClNO/c1-6(2)5-14-10-3-7(11)9(13)4-8(10)12/h3-4,6H,5,13H2,1-2H3. The summed E-state index contributed by atoms with van der Waals surface area (Å²) in [5.41, 5.74) is 6.28. The summed E-state index contributed by atoms with van der Waals surface area (Å²) in [5.74, 6) is 1.14. The molecule has 0 unspecified atom stereocenters. The van der Waals surface area contributed by atoms with E-state index in [9.17, 15) is 0 Å². The van der Waals surface area contributed by atoms with Crippen LogP contribution >= 0.6 is 27.5 Å². The van der Waals surface area contributed by atoms with Crippen molar-refractivity contribution in [1.29, 1.82) is 0 Å². The zero-order chi connectivity index (χ0) is 10.7. The highest BCUT2D eigenvalue weighted by molar-refractivity contribution is 9.10. The number of rotatable bonds is 3. The minimum atomic E-state index is 0.474. The molecular weight excluding hydrogens is 265 g/mol. The molecule has 1 aromatic carbocycles. The largest absolute Gasteiger partial charge is 0.492 e. The molecule has 0 aliphatic carbocycles. The van der Waals surface area contributed by atoms with E-state index in [4.69, 9.17) is 22.1 Å². The maximum atomic E-state index is 5.96. The highest BCUT2D eigenvalue weighted by atomic mass is 79.9. The molecule has 0 atom stereocenters. The summed E-state index contributed by atoms with van der Waals surface area (Å²) in [4.78, 5) is 0. The van der Waals surface area contributed by atoms with Crippen LogP contribution in [0.5, 0.6) is 5.75 Å². The predicted octanol–water partition coefficient (Wildman–Crippen LogP) is 3.72. The zero-order valence-electron chi connectivity index (χ0n) is 8.18. The molecule has 0 fully saturated rings. The van der Waals surface area contributed by atoms with Gasteiger partial charge in [-0.1, -0.05) is 25.4 Å². The predicted molar refractivity (Wildman–Crippen MR) is 63.9 cm³/mol. The Bertz CT molecular complexity index is 328. The Kier molecular flexibility index (Phi) is 4.08. The Morgan fingerprint density at radius 2 is 2.14 bits per heavy atom. The van der Waals surface area contributed by atoms with Gasteiger partial charge in [0.2, 0.25) is 0 Å². The van der Waals surface area contributed by atoms with Crippen molar-refractivity contribution in [3.05, 3.63) is 21.6 Å². The monoisotopic (exact) mass is 277 g/mol. The summed E-state index contributed by atoms with van der Waals surface area (Å²) in [6.07, 6.45) is 0. The maximum absolute atomic E-state index is 5.96. The van der Waals surface area contributed by atoms with Crippen molar-refractivity contribution in [2.75, 3.05) is 12.3 Å². The van der Waals surface area contributed by atoms with Gasteiger partial charge in [0.1, 0.15) is 5.75 Å². The van der Waals surface area contributed by atoms with Gasteiger partial charge in [0, 0.05) is 10.2 Å². The lowest BCUT2D eigenvalue weighted by atomic mass is 10.2. The van der Waals surface area contributed by atoms with Gasteiger partial charge in [0.15, 0.2) is 0 Å². The van der Waals surface area contributed by atoms with Crippen molar-refractivity contribution in [1.82, 2.24) is 0 Å². The minimum absolute atomic E-state index is 0.474. The fraction of sp³-hybridized carbons (Fsp3) is 0.400. The fourth-order valence-corrected chi connectivity index (χ4v) is 1.46. The van der Waals surface area contributed by atoms with Gasteiger partial charge in [-0.15, -0.1) is 0 Å². The summed E-state index contributed by atoms with van der Waals surface area (Å²) >= 11 is 9.28. The average molecular weight is 279 g/mol. The van der Waals surface area contributed by atoms with Gasteiger partial charge in [0.05, 0.1) is 11.6 Å².